The molecule has 2 rings (SSSR count). The summed E-state index contributed by atoms with van der Waals surface area (Å²) in [5.74, 6) is 0.00194. The third-order valence-electron chi connectivity index (χ3n) is 4.07. The second kappa shape index (κ2) is 7.66. The number of sulfonamides is 1. The lowest BCUT2D eigenvalue weighted by Crippen LogP contribution is -2.40. The number of carbonyl (C=O) groups excluding carboxylic acids is 1. The standard InChI is InChI=1S/C18H28N2O3S/c1-18(2,3)19-17(21)13-10-14-8-11-16(12-9-14)24(22,23)20-15-6-4-5-7-15/h8-9,11-12,15,20H,4-7,10,13H2,1-3H3,(H,19,21). The molecule has 24 heavy (non-hydrogen) atoms. The number of nitrogens with one attached hydrogen (secondary N) is 2. The van der Waals surface area contributed by atoms with Gasteiger partial charge < -0.3 is 5.32 Å². The van der Waals surface area contributed by atoms with Gasteiger partial charge in [0.2, 0.25) is 15.9 Å². The minimum Gasteiger partial charge on any atom is -0.351 e. The number of carbonyl (C=O) groups is 1. The first kappa shape index (κ1) is 18.9. The van der Waals surface area contributed by atoms with E-state index >= 15 is 0 Å². The molecule has 1 aliphatic carbocycles. The summed E-state index contributed by atoms with van der Waals surface area (Å²) in [5, 5.41) is 2.92. The number of hydrogen-bond acceptors (Lipinski definition) is 3. The molecule has 1 saturated carbocycles. The largest absolute Gasteiger partial charge is 0.351 e. The minimum absolute atomic E-state index is 0.00194. The van der Waals surface area contributed by atoms with E-state index in [1.165, 1.54) is 0 Å². The molecule has 0 radical (unpaired) electrons. The summed E-state index contributed by atoms with van der Waals surface area (Å²) >= 11 is 0. The van der Waals surface area contributed by atoms with Crippen LogP contribution in [0.3, 0.4) is 0 Å². The molecule has 2 N–H and O–H groups in total. The molecule has 0 bridgehead atoms. The summed E-state index contributed by atoms with van der Waals surface area (Å²) in [5.41, 5.74) is 0.722. The molecule has 0 spiro atoms. The molecule has 1 fully saturated rings. The molecule has 1 aromatic rings. The zero-order valence-electron chi connectivity index (χ0n) is 14.8. The Balaban J connectivity index is 1.91. The van der Waals surface area contributed by atoms with Crippen LogP contribution in [0.15, 0.2) is 29.2 Å². The first-order valence-electron chi connectivity index (χ1n) is 8.58. The van der Waals surface area contributed by atoms with E-state index in [4.69, 9.17) is 0 Å². The van der Waals surface area contributed by atoms with Crippen LogP contribution in [0.4, 0.5) is 0 Å². The Morgan fingerprint density at radius 2 is 1.71 bits per heavy atom. The third-order valence-corrected chi connectivity index (χ3v) is 5.60. The fourth-order valence-corrected chi connectivity index (χ4v) is 4.21. The van der Waals surface area contributed by atoms with Gasteiger partial charge in [-0.05, 0) is 57.7 Å². The van der Waals surface area contributed by atoms with Gasteiger partial charge in [-0.25, -0.2) is 13.1 Å². The summed E-state index contributed by atoms with van der Waals surface area (Å²) in [4.78, 5) is 12.1. The van der Waals surface area contributed by atoms with Gasteiger partial charge in [-0.1, -0.05) is 25.0 Å². The van der Waals surface area contributed by atoms with Gasteiger partial charge in [0, 0.05) is 18.0 Å². The highest BCUT2D eigenvalue weighted by molar-refractivity contribution is 7.89. The van der Waals surface area contributed by atoms with E-state index in [9.17, 15) is 13.2 Å². The average molecular weight is 353 g/mol. The van der Waals surface area contributed by atoms with Gasteiger partial charge in [-0.2, -0.15) is 0 Å². The smallest absolute Gasteiger partial charge is 0.240 e. The molecule has 5 nitrogen and oxygen atoms in total. The highest BCUT2D eigenvalue weighted by Gasteiger charge is 2.22. The first-order valence-corrected chi connectivity index (χ1v) is 10.1. The van der Waals surface area contributed by atoms with Crippen LogP contribution in [0, 0.1) is 0 Å². The first-order chi connectivity index (χ1) is 11.2. The topological polar surface area (TPSA) is 75.3 Å². The second-order valence-electron chi connectivity index (χ2n) is 7.54. The molecule has 1 amide bonds. The van der Waals surface area contributed by atoms with Gasteiger partial charge in [0.1, 0.15) is 0 Å². The highest BCUT2D eigenvalue weighted by atomic mass is 32.2. The molecule has 6 heteroatoms. The molecule has 0 saturated heterocycles. The lowest BCUT2D eigenvalue weighted by molar-refractivity contribution is -0.122. The van der Waals surface area contributed by atoms with Crippen molar-refractivity contribution in [2.45, 2.75) is 75.8 Å². The van der Waals surface area contributed by atoms with Crippen LogP contribution in [-0.4, -0.2) is 25.9 Å². The van der Waals surface area contributed by atoms with Crippen LogP contribution in [0.5, 0.6) is 0 Å². The number of benzene rings is 1. The maximum Gasteiger partial charge on any atom is 0.240 e. The van der Waals surface area contributed by atoms with Crippen molar-refractivity contribution in [3.05, 3.63) is 29.8 Å². The van der Waals surface area contributed by atoms with Crippen molar-refractivity contribution in [1.29, 1.82) is 0 Å². The van der Waals surface area contributed by atoms with Crippen LogP contribution >= 0.6 is 0 Å². The number of amides is 1. The van der Waals surface area contributed by atoms with Crippen LogP contribution < -0.4 is 10.0 Å². The average Bonchev–Trinajstić information content (AvgIpc) is 2.96. The van der Waals surface area contributed by atoms with Crippen LogP contribution in [0.25, 0.3) is 0 Å². The Bertz CT molecular complexity index is 654. The Morgan fingerprint density at radius 1 is 1.12 bits per heavy atom. The van der Waals surface area contributed by atoms with Crippen molar-refractivity contribution in [1.82, 2.24) is 10.0 Å². The summed E-state index contributed by atoms with van der Waals surface area (Å²) in [6.07, 6.45) is 4.99. The van der Waals surface area contributed by atoms with Gasteiger partial charge in [0.25, 0.3) is 0 Å². The van der Waals surface area contributed by atoms with E-state index < -0.39 is 10.0 Å². The molecule has 1 aliphatic rings. The van der Waals surface area contributed by atoms with E-state index in [0.29, 0.717) is 12.8 Å². The van der Waals surface area contributed by atoms with Crippen molar-refractivity contribution in [2.24, 2.45) is 0 Å². The van der Waals surface area contributed by atoms with Crippen molar-refractivity contribution in [2.75, 3.05) is 0 Å². The normalized spacial score (nSPS) is 16.3. The second-order valence-corrected chi connectivity index (χ2v) is 9.26. The highest BCUT2D eigenvalue weighted by Crippen LogP contribution is 2.20. The maximum absolute atomic E-state index is 12.3. The van der Waals surface area contributed by atoms with Gasteiger partial charge >= 0.3 is 0 Å². The quantitative estimate of drug-likeness (QED) is 0.826. The van der Waals surface area contributed by atoms with Gasteiger partial charge in [0.05, 0.1) is 4.90 Å². The van der Waals surface area contributed by atoms with Crippen LogP contribution in [0.1, 0.15) is 58.4 Å². The van der Waals surface area contributed by atoms with Crippen molar-refractivity contribution in [3.63, 3.8) is 0 Å². The van der Waals surface area contributed by atoms with Crippen LogP contribution in [-0.2, 0) is 21.2 Å². The summed E-state index contributed by atoms with van der Waals surface area (Å²) in [7, 11) is -3.45. The number of hydrogen-bond donors (Lipinski definition) is 2. The summed E-state index contributed by atoms with van der Waals surface area (Å²) in [6.45, 7) is 5.84. The summed E-state index contributed by atoms with van der Waals surface area (Å²) in [6, 6.07) is 6.87. The van der Waals surface area contributed by atoms with Crippen LogP contribution in [0.2, 0.25) is 0 Å². The number of aryl methyl sites for hydroxylation is 1. The van der Waals surface area contributed by atoms with Gasteiger partial charge in [-0.3, -0.25) is 4.79 Å². The Morgan fingerprint density at radius 3 is 2.25 bits per heavy atom. The molecule has 0 aliphatic heterocycles. The molecule has 0 heterocycles. The lowest BCUT2D eigenvalue weighted by Gasteiger charge is -2.20. The van der Waals surface area contributed by atoms with E-state index in [1.807, 2.05) is 20.8 Å². The molecule has 134 valence electrons. The predicted octanol–water partition coefficient (Wildman–Crippen LogP) is 2.75. The Labute approximate surface area is 145 Å². The fraction of sp³-hybridized carbons (Fsp3) is 0.611. The van der Waals surface area contributed by atoms with E-state index in [2.05, 4.69) is 10.0 Å². The van der Waals surface area contributed by atoms with E-state index in [-0.39, 0.29) is 22.4 Å². The van der Waals surface area contributed by atoms with E-state index in [0.717, 1.165) is 31.2 Å². The Hall–Kier alpha value is -1.40. The van der Waals surface area contributed by atoms with Crippen molar-refractivity contribution >= 4 is 15.9 Å². The third kappa shape index (κ3) is 5.91. The molecular weight excluding hydrogens is 324 g/mol. The van der Waals surface area contributed by atoms with Gasteiger partial charge in [-0.15, -0.1) is 0 Å². The Kier molecular flexibility index (Phi) is 6.04. The van der Waals surface area contributed by atoms with Crippen molar-refractivity contribution in [3.8, 4) is 0 Å². The molecular formula is C18H28N2O3S. The SMILES string of the molecule is CC(C)(C)NC(=O)CCc1ccc(S(=O)(=O)NC2CCCC2)cc1. The summed E-state index contributed by atoms with van der Waals surface area (Å²) < 4.78 is 27.5. The van der Waals surface area contributed by atoms with Gasteiger partial charge in [0.15, 0.2) is 0 Å². The molecule has 0 unspecified atom stereocenters. The maximum atomic E-state index is 12.3. The zero-order valence-corrected chi connectivity index (χ0v) is 15.6. The lowest BCUT2D eigenvalue weighted by atomic mass is 10.1. The predicted molar refractivity (Wildman–Crippen MR) is 95.2 cm³/mol. The molecule has 1 aromatic carbocycles. The molecule has 0 atom stereocenters. The zero-order chi connectivity index (χ0) is 17.8. The minimum atomic E-state index is -3.45. The number of rotatable bonds is 6. The van der Waals surface area contributed by atoms with E-state index in [1.54, 1.807) is 24.3 Å². The monoisotopic (exact) mass is 352 g/mol. The fourth-order valence-electron chi connectivity index (χ4n) is 2.91. The molecule has 0 aromatic heterocycles. The van der Waals surface area contributed by atoms with Crippen molar-refractivity contribution < 1.29 is 13.2 Å².